The van der Waals surface area contributed by atoms with E-state index in [2.05, 4.69) is 4.74 Å². The molecule has 0 radical (unpaired) electrons. The Bertz CT molecular complexity index is 296. The summed E-state index contributed by atoms with van der Waals surface area (Å²) in [7, 11) is 0. The Balaban J connectivity index is 2.60. The summed E-state index contributed by atoms with van der Waals surface area (Å²) in [6.45, 7) is -3.05. The van der Waals surface area contributed by atoms with Crippen LogP contribution in [0.25, 0.3) is 0 Å². The van der Waals surface area contributed by atoms with Crippen LogP contribution in [0.2, 0.25) is 5.02 Å². The number of alkyl halides is 2. The molecule has 0 spiro atoms. The molecule has 0 aliphatic carbocycles. The third-order valence-corrected chi connectivity index (χ3v) is 2.05. The molecule has 1 aromatic rings. The lowest BCUT2D eigenvalue weighted by Crippen LogP contribution is -2.19. The molecule has 1 unspecified atom stereocenters. The number of nitrogens with two attached hydrogens (primary N) is 1. The van der Waals surface area contributed by atoms with Crippen molar-refractivity contribution < 1.29 is 13.5 Å². The summed E-state index contributed by atoms with van der Waals surface area (Å²) in [5.74, 6) is 0. The van der Waals surface area contributed by atoms with Crippen molar-refractivity contribution in [2.24, 2.45) is 5.73 Å². The van der Waals surface area contributed by atoms with Gasteiger partial charge in [0.1, 0.15) is 0 Å². The third-order valence-electron chi connectivity index (χ3n) is 1.71. The molecule has 0 heterocycles. The summed E-state index contributed by atoms with van der Waals surface area (Å²) in [4.78, 5) is 0. The lowest BCUT2D eigenvalue weighted by atomic mass is 10.1. The lowest BCUT2D eigenvalue weighted by molar-refractivity contribution is -0.132. The van der Waals surface area contributed by atoms with Gasteiger partial charge in [-0.15, -0.1) is 0 Å². The van der Waals surface area contributed by atoms with Gasteiger partial charge in [0.05, 0.1) is 12.6 Å². The molecule has 5 heteroatoms. The van der Waals surface area contributed by atoms with Gasteiger partial charge in [-0.3, -0.25) is 0 Å². The van der Waals surface area contributed by atoms with E-state index in [-0.39, 0.29) is 6.61 Å². The number of hydrogen-bond acceptors (Lipinski definition) is 2. The highest BCUT2D eigenvalue weighted by Gasteiger charge is 2.12. The molecule has 1 aromatic carbocycles. The average molecular weight is 222 g/mol. The maximum Gasteiger partial charge on any atom is 0.345 e. The van der Waals surface area contributed by atoms with Crippen LogP contribution in [-0.4, -0.2) is 13.2 Å². The fraction of sp³-hybridized carbons (Fsp3) is 0.333. The number of benzene rings is 1. The predicted octanol–water partition coefficient (Wildman–Crippen LogP) is 2.58. The predicted molar refractivity (Wildman–Crippen MR) is 50.3 cm³/mol. The van der Waals surface area contributed by atoms with Gasteiger partial charge in [0.15, 0.2) is 0 Å². The molecule has 2 N–H and O–H groups in total. The second-order valence-corrected chi connectivity index (χ2v) is 3.13. The van der Waals surface area contributed by atoms with Crippen LogP contribution in [-0.2, 0) is 4.74 Å². The molecule has 14 heavy (non-hydrogen) atoms. The summed E-state index contributed by atoms with van der Waals surface area (Å²) >= 11 is 5.81. The highest BCUT2D eigenvalue weighted by Crippen LogP contribution is 2.21. The number of hydrogen-bond donors (Lipinski definition) is 1. The van der Waals surface area contributed by atoms with Crippen LogP contribution in [0.1, 0.15) is 11.6 Å². The Hall–Kier alpha value is -0.710. The number of rotatable bonds is 4. The molecular formula is C9H10ClF2NO. The zero-order valence-corrected chi connectivity index (χ0v) is 8.05. The van der Waals surface area contributed by atoms with Crippen LogP contribution in [0.4, 0.5) is 8.78 Å². The molecule has 1 rings (SSSR count). The van der Waals surface area contributed by atoms with E-state index in [1.54, 1.807) is 24.3 Å². The maximum atomic E-state index is 11.7. The zero-order valence-electron chi connectivity index (χ0n) is 7.29. The highest BCUT2D eigenvalue weighted by molar-refractivity contribution is 6.31. The van der Waals surface area contributed by atoms with Crippen molar-refractivity contribution >= 4 is 11.6 Å². The summed E-state index contributed by atoms with van der Waals surface area (Å²) in [5, 5.41) is 0.456. The van der Waals surface area contributed by atoms with Crippen molar-refractivity contribution in [3.05, 3.63) is 34.9 Å². The normalized spacial score (nSPS) is 13.2. The average Bonchev–Trinajstić information content (AvgIpc) is 2.15. The smallest absolute Gasteiger partial charge is 0.322 e. The molecule has 0 amide bonds. The Labute approximate surface area is 85.6 Å². The van der Waals surface area contributed by atoms with Crippen molar-refractivity contribution in [2.75, 3.05) is 6.61 Å². The van der Waals surface area contributed by atoms with E-state index in [0.29, 0.717) is 10.6 Å². The van der Waals surface area contributed by atoms with Crippen molar-refractivity contribution in [2.45, 2.75) is 12.7 Å². The van der Waals surface area contributed by atoms with E-state index in [1.807, 2.05) is 0 Å². The minimum absolute atomic E-state index is 0.249. The molecule has 0 aromatic heterocycles. The highest BCUT2D eigenvalue weighted by atomic mass is 35.5. The van der Waals surface area contributed by atoms with E-state index in [1.165, 1.54) is 0 Å². The fourth-order valence-electron chi connectivity index (χ4n) is 1.04. The minimum Gasteiger partial charge on any atom is -0.322 e. The Morgan fingerprint density at radius 3 is 2.57 bits per heavy atom. The summed E-state index contributed by atoms with van der Waals surface area (Å²) in [5.41, 5.74) is 6.21. The van der Waals surface area contributed by atoms with E-state index in [4.69, 9.17) is 17.3 Å². The van der Waals surface area contributed by atoms with Gasteiger partial charge in [-0.05, 0) is 11.6 Å². The van der Waals surface area contributed by atoms with Crippen molar-refractivity contribution in [1.82, 2.24) is 0 Å². The maximum absolute atomic E-state index is 11.7. The zero-order chi connectivity index (χ0) is 10.6. The van der Waals surface area contributed by atoms with Gasteiger partial charge in [0, 0.05) is 5.02 Å². The van der Waals surface area contributed by atoms with Gasteiger partial charge in [-0.2, -0.15) is 8.78 Å². The molecule has 0 saturated carbocycles. The van der Waals surface area contributed by atoms with Gasteiger partial charge < -0.3 is 10.5 Å². The Kier molecular flexibility index (Phi) is 4.25. The van der Waals surface area contributed by atoms with E-state index in [9.17, 15) is 8.78 Å². The van der Waals surface area contributed by atoms with Gasteiger partial charge in [-0.25, -0.2) is 0 Å². The second-order valence-electron chi connectivity index (χ2n) is 2.72. The SMILES string of the molecule is NC(COC(F)F)c1ccccc1Cl. The first kappa shape index (κ1) is 11.4. The van der Waals surface area contributed by atoms with Crippen LogP contribution in [0.5, 0.6) is 0 Å². The Morgan fingerprint density at radius 2 is 2.00 bits per heavy atom. The Morgan fingerprint density at radius 1 is 1.36 bits per heavy atom. The van der Waals surface area contributed by atoms with Gasteiger partial charge in [-0.1, -0.05) is 29.8 Å². The van der Waals surface area contributed by atoms with Crippen LogP contribution in [0.3, 0.4) is 0 Å². The summed E-state index contributed by atoms with van der Waals surface area (Å²) in [6, 6.07) is 6.19. The van der Waals surface area contributed by atoms with Crippen LogP contribution < -0.4 is 5.73 Å². The van der Waals surface area contributed by atoms with Crippen molar-refractivity contribution in [1.29, 1.82) is 0 Å². The number of ether oxygens (including phenoxy) is 1. The first-order valence-corrected chi connectivity index (χ1v) is 4.39. The van der Waals surface area contributed by atoms with Gasteiger partial charge >= 0.3 is 6.61 Å². The summed E-state index contributed by atoms with van der Waals surface area (Å²) < 4.78 is 27.5. The van der Waals surface area contributed by atoms with Crippen LogP contribution in [0.15, 0.2) is 24.3 Å². The first-order chi connectivity index (χ1) is 6.61. The standard InChI is InChI=1S/C9H10ClF2NO/c10-7-4-2-1-3-6(7)8(13)5-14-9(11)12/h1-4,8-9H,5,13H2. The topological polar surface area (TPSA) is 35.2 Å². The molecule has 0 saturated heterocycles. The molecule has 2 nitrogen and oxygen atoms in total. The third kappa shape index (κ3) is 3.21. The molecular weight excluding hydrogens is 212 g/mol. The molecule has 0 aliphatic rings. The largest absolute Gasteiger partial charge is 0.345 e. The molecule has 78 valence electrons. The van der Waals surface area contributed by atoms with E-state index < -0.39 is 12.7 Å². The van der Waals surface area contributed by atoms with Gasteiger partial charge in [0.2, 0.25) is 0 Å². The van der Waals surface area contributed by atoms with E-state index >= 15 is 0 Å². The molecule has 0 fully saturated rings. The van der Waals surface area contributed by atoms with Crippen molar-refractivity contribution in [3.63, 3.8) is 0 Å². The molecule has 0 aliphatic heterocycles. The van der Waals surface area contributed by atoms with Crippen LogP contribution in [0, 0.1) is 0 Å². The van der Waals surface area contributed by atoms with Crippen LogP contribution >= 0.6 is 11.6 Å². The van der Waals surface area contributed by atoms with Gasteiger partial charge in [0.25, 0.3) is 0 Å². The van der Waals surface area contributed by atoms with E-state index in [0.717, 1.165) is 0 Å². The quantitative estimate of drug-likeness (QED) is 0.848. The monoisotopic (exact) mass is 221 g/mol. The number of halogens is 3. The van der Waals surface area contributed by atoms with Crippen molar-refractivity contribution in [3.8, 4) is 0 Å². The summed E-state index contributed by atoms with van der Waals surface area (Å²) in [6.07, 6.45) is 0. The fourth-order valence-corrected chi connectivity index (χ4v) is 1.32. The second kappa shape index (κ2) is 5.24. The minimum atomic E-state index is -2.80. The first-order valence-electron chi connectivity index (χ1n) is 4.01. The molecule has 0 bridgehead atoms. The molecule has 1 atom stereocenters. The lowest BCUT2D eigenvalue weighted by Gasteiger charge is -2.13.